The van der Waals surface area contributed by atoms with Crippen molar-refractivity contribution in [1.29, 1.82) is 0 Å². The van der Waals surface area contributed by atoms with E-state index in [-0.39, 0.29) is 23.0 Å². The Balaban J connectivity index is 0.00000264. The summed E-state index contributed by atoms with van der Waals surface area (Å²) in [6, 6.07) is 0.930. The number of anilines is 1. The molecule has 4 nitrogen and oxygen atoms in total. The minimum Gasteiger partial charge on any atom is -0.353 e. The van der Waals surface area contributed by atoms with Crippen LogP contribution >= 0.6 is 24.0 Å². The van der Waals surface area contributed by atoms with E-state index in [0.29, 0.717) is 18.9 Å². The molecule has 2 N–H and O–H groups in total. The van der Waals surface area contributed by atoms with Crippen LogP contribution in [0.1, 0.15) is 19.4 Å². The van der Waals surface area contributed by atoms with E-state index in [1.807, 2.05) is 18.7 Å². The molecule has 0 bridgehead atoms. The summed E-state index contributed by atoms with van der Waals surface area (Å²) in [5, 5.41) is 0.0300. The third kappa shape index (κ3) is 5.67. The molecule has 0 saturated carbocycles. The average molecular weight is 373 g/mol. The van der Waals surface area contributed by atoms with E-state index in [4.69, 9.17) is 17.3 Å². The maximum atomic E-state index is 12.6. The Bertz CT molecular complexity index is 524. The average Bonchev–Trinajstić information content (AvgIpc) is 2.37. The highest BCUT2D eigenvalue weighted by atomic mass is 35.5. The molecule has 2 rings (SSSR count). The van der Waals surface area contributed by atoms with Gasteiger partial charge in [0.25, 0.3) is 0 Å². The van der Waals surface area contributed by atoms with Crippen molar-refractivity contribution in [1.82, 2.24) is 9.88 Å². The first kappa shape index (κ1) is 20.3. The maximum absolute atomic E-state index is 12.6. The molecular formula is C14H21Cl2F3N4. The summed E-state index contributed by atoms with van der Waals surface area (Å²) in [6.07, 6.45) is -3.60. The first-order valence-corrected chi connectivity index (χ1v) is 7.43. The largest absolute Gasteiger partial charge is 0.417 e. The van der Waals surface area contributed by atoms with Crippen molar-refractivity contribution in [3.8, 4) is 0 Å². The van der Waals surface area contributed by atoms with E-state index in [1.165, 1.54) is 0 Å². The van der Waals surface area contributed by atoms with Gasteiger partial charge in [-0.1, -0.05) is 11.6 Å². The van der Waals surface area contributed by atoms with E-state index in [2.05, 4.69) is 9.88 Å². The van der Waals surface area contributed by atoms with Gasteiger partial charge in [-0.25, -0.2) is 4.98 Å². The summed E-state index contributed by atoms with van der Waals surface area (Å²) >= 11 is 5.97. The normalized spacial score (nSPS) is 17.1. The fourth-order valence-electron chi connectivity index (χ4n) is 2.51. The third-order valence-electron chi connectivity index (χ3n) is 3.45. The molecule has 0 atom stereocenters. The second-order valence-corrected chi connectivity index (χ2v) is 6.69. The molecule has 0 unspecified atom stereocenters. The highest BCUT2D eigenvalue weighted by Crippen LogP contribution is 2.33. The molecule has 9 heteroatoms. The molecule has 0 amide bonds. The minimum absolute atomic E-state index is 0. The van der Waals surface area contributed by atoms with Gasteiger partial charge in [0.2, 0.25) is 0 Å². The van der Waals surface area contributed by atoms with E-state index in [9.17, 15) is 13.2 Å². The molecule has 1 aliphatic heterocycles. The van der Waals surface area contributed by atoms with Gasteiger partial charge >= 0.3 is 6.18 Å². The molecule has 1 aromatic heterocycles. The number of halogens is 5. The monoisotopic (exact) mass is 372 g/mol. The molecule has 0 radical (unpaired) electrons. The number of pyridine rings is 1. The van der Waals surface area contributed by atoms with Crippen molar-refractivity contribution in [2.45, 2.75) is 25.6 Å². The van der Waals surface area contributed by atoms with Crippen LogP contribution in [0.4, 0.5) is 19.0 Å². The fraction of sp³-hybridized carbons (Fsp3) is 0.643. The number of hydrogen-bond donors (Lipinski definition) is 1. The van der Waals surface area contributed by atoms with Crippen LogP contribution in [-0.4, -0.2) is 48.1 Å². The summed E-state index contributed by atoms with van der Waals surface area (Å²) in [6.45, 7) is 7.58. The predicted octanol–water partition coefficient (Wildman–Crippen LogP) is 3.03. The fourth-order valence-corrected chi connectivity index (χ4v) is 2.80. The van der Waals surface area contributed by atoms with Crippen LogP contribution in [0.5, 0.6) is 0 Å². The summed E-state index contributed by atoms with van der Waals surface area (Å²) < 4.78 is 37.9. The number of nitrogens with zero attached hydrogens (tertiary/aromatic N) is 3. The van der Waals surface area contributed by atoms with Crippen molar-refractivity contribution >= 4 is 29.8 Å². The van der Waals surface area contributed by atoms with Crippen LogP contribution in [0.2, 0.25) is 5.02 Å². The van der Waals surface area contributed by atoms with Crippen LogP contribution in [0.25, 0.3) is 0 Å². The van der Waals surface area contributed by atoms with E-state index >= 15 is 0 Å². The predicted molar refractivity (Wildman–Crippen MR) is 88.4 cm³/mol. The second kappa shape index (κ2) is 7.42. The Morgan fingerprint density at radius 2 is 1.78 bits per heavy atom. The number of hydrogen-bond acceptors (Lipinski definition) is 4. The van der Waals surface area contributed by atoms with Crippen LogP contribution in [0.15, 0.2) is 12.3 Å². The molecule has 1 saturated heterocycles. The van der Waals surface area contributed by atoms with Crippen LogP contribution in [0, 0.1) is 0 Å². The van der Waals surface area contributed by atoms with Crippen molar-refractivity contribution in [3.63, 3.8) is 0 Å². The Morgan fingerprint density at radius 3 is 2.22 bits per heavy atom. The Morgan fingerprint density at radius 1 is 1.22 bits per heavy atom. The molecular weight excluding hydrogens is 352 g/mol. The molecule has 0 aliphatic carbocycles. The third-order valence-corrected chi connectivity index (χ3v) is 3.73. The number of rotatable bonds is 3. The first-order chi connectivity index (χ1) is 10.1. The number of piperazine rings is 1. The molecule has 1 aliphatic rings. The van der Waals surface area contributed by atoms with E-state index < -0.39 is 11.7 Å². The summed E-state index contributed by atoms with van der Waals surface area (Å²) in [7, 11) is 0. The zero-order chi connectivity index (χ0) is 16.5. The van der Waals surface area contributed by atoms with Gasteiger partial charge in [-0.2, -0.15) is 13.2 Å². The SMILES string of the molecule is CC(C)(N)CN1CCN(c2ncc(C(F)(F)F)cc2Cl)CC1.Cl. The number of aromatic nitrogens is 1. The lowest BCUT2D eigenvalue weighted by Crippen LogP contribution is -2.53. The van der Waals surface area contributed by atoms with Crippen molar-refractivity contribution in [3.05, 3.63) is 22.8 Å². The molecule has 0 aromatic carbocycles. The Labute approximate surface area is 145 Å². The molecule has 0 spiro atoms. The summed E-state index contributed by atoms with van der Waals surface area (Å²) in [4.78, 5) is 8.03. The molecule has 2 heterocycles. The lowest BCUT2D eigenvalue weighted by atomic mass is 10.1. The quantitative estimate of drug-likeness (QED) is 0.885. The molecule has 1 aromatic rings. The number of nitrogens with two attached hydrogens (primary N) is 1. The lowest BCUT2D eigenvalue weighted by Gasteiger charge is -2.38. The smallest absolute Gasteiger partial charge is 0.353 e. The van der Waals surface area contributed by atoms with Crippen LogP contribution in [0.3, 0.4) is 0 Å². The van der Waals surface area contributed by atoms with Crippen LogP contribution in [-0.2, 0) is 6.18 Å². The van der Waals surface area contributed by atoms with Gasteiger partial charge in [-0.3, -0.25) is 4.90 Å². The van der Waals surface area contributed by atoms with Crippen molar-refractivity contribution in [2.75, 3.05) is 37.6 Å². The Kier molecular flexibility index (Phi) is 6.55. The Hall–Kier alpha value is -0.760. The van der Waals surface area contributed by atoms with Gasteiger partial charge < -0.3 is 10.6 Å². The van der Waals surface area contributed by atoms with Gasteiger partial charge in [0, 0.05) is 44.5 Å². The zero-order valence-electron chi connectivity index (χ0n) is 13.0. The topological polar surface area (TPSA) is 45.4 Å². The van der Waals surface area contributed by atoms with Crippen LogP contribution < -0.4 is 10.6 Å². The number of alkyl halides is 3. The highest BCUT2D eigenvalue weighted by Gasteiger charge is 2.32. The van der Waals surface area contributed by atoms with Gasteiger partial charge in [0.15, 0.2) is 0 Å². The maximum Gasteiger partial charge on any atom is 0.417 e. The van der Waals surface area contributed by atoms with Gasteiger partial charge in [-0.15, -0.1) is 12.4 Å². The lowest BCUT2D eigenvalue weighted by molar-refractivity contribution is -0.137. The standard InChI is InChI=1S/C14H20ClF3N4.ClH/c1-13(2,19)9-21-3-5-22(6-4-21)12-11(15)7-10(8-20-12)14(16,17)18;/h7-8H,3-6,9,19H2,1-2H3;1H. The van der Waals surface area contributed by atoms with Gasteiger partial charge in [-0.05, 0) is 19.9 Å². The van der Waals surface area contributed by atoms with E-state index in [0.717, 1.165) is 31.9 Å². The van der Waals surface area contributed by atoms with Crippen molar-refractivity contribution in [2.24, 2.45) is 5.73 Å². The van der Waals surface area contributed by atoms with Gasteiger partial charge in [0.05, 0.1) is 10.6 Å². The highest BCUT2D eigenvalue weighted by molar-refractivity contribution is 6.33. The van der Waals surface area contributed by atoms with Crippen molar-refractivity contribution < 1.29 is 13.2 Å². The summed E-state index contributed by atoms with van der Waals surface area (Å²) in [5.41, 5.74) is 4.90. The first-order valence-electron chi connectivity index (χ1n) is 7.05. The second-order valence-electron chi connectivity index (χ2n) is 6.28. The molecule has 132 valence electrons. The molecule has 23 heavy (non-hydrogen) atoms. The zero-order valence-corrected chi connectivity index (χ0v) is 14.6. The minimum atomic E-state index is -4.43. The van der Waals surface area contributed by atoms with Gasteiger partial charge in [0.1, 0.15) is 5.82 Å². The van der Waals surface area contributed by atoms with E-state index in [1.54, 1.807) is 0 Å². The molecule has 1 fully saturated rings. The summed E-state index contributed by atoms with van der Waals surface area (Å²) in [5.74, 6) is 0.404.